The van der Waals surface area contributed by atoms with Crippen LogP contribution in [0.1, 0.15) is 5.69 Å². The van der Waals surface area contributed by atoms with Gasteiger partial charge in [-0.25, -0.2) is 9.78 Å². The van der Waals surface area contributed by atoms with E-state index < -0.39 is 29.2 Å². The number of carbonyl (C=O) groups excluding carboxylic acids is 2. The van der Waals surface area contributed by atoms with Gasteiger partial charge >= 0.3 is 5.97 Å². The number of aliphatic carboxylic acids is 1. The second kappa shape index (κ2) is 10.9. The molecule has 4 heterocycles. The van der Waals surface area contributed by atoms with Crippen molar-refractivity contribution in [2.45, 2.75) is 15.8 Å². The van der Waals surface area contributed by atoms with Gasteiger partial charge in [-0.05, 0) is 5.57 Å². The number of hydrogen-bond acceptors (Lipinski definition) is 13. The van der Waals surface area contributed by atoms with E-state index in [1.807, 2.05) is 0 Å². The second-order valence-electron chi connectivity index (χ2n) is 6.64. The van der Waals surface area contributed by atoms with E-state index in [2.05, 4.69) is 25.7 Å². The Labute approximate surface area is 214 Å². The number of β-lactam (4-membered cyclic amide) rings is 1. The van der Waals surface area contributed by atoms with Crippen LogP contribution in [0.5, 0.6) is 0 Å². The molecular weight excluding hydrogens is 546 g/mol. The highest BCUT2D eigenvalue weighted by atomic mass is 35.5. The Morgan fingerprint density at radius 3 is 2.91 bits per heavy atom. The minimum absolute atomic E-state index is 0.0666. The third kappa shape index (κ3) is 5.14. The van der Waals surface area contributed by atoms with Crippen LogP contribution in [0.2, 0.25) is 0 Å². The first-order valence-electron chi connectivity index (χ1n) is 9.47. The number of carboxylic acid groups (broad SMARTS) is 1. The molecule has 0 aromatic carbocycles. The van der Waals surface area contributed by atoms with Crippen LogP contribution in [0.3, 0.4) is 0 Å². The zero-order valence-electron chi connectivity index (χ0n) is 17.0. The third-order valence-electron chi connectivity index (χ3n) is 4.55. The summed E-state index contributed by atoms with van der Waals surface area (Å²) >= 11 is 10.8. The van der Waals surface area contributed by atoms with E-state index in [9.17, 15) is 19.5 Å². The van der Waals surface area contributed by atoms with Crippen LogP contribution >= 0.6 is 57.8 Å². The number of fused-ring (bicyclic) bond motifs is 1. The van der Waals surface area contributed by atoms with Gasteiger partial charge < -0.3 is 21.0 Å². The maximum Gasteiger partial charge on any atom is 0.352 e. The normalized spacial score (nSPS) is 20.1. The predicted octanol–water partition coefficient (Wildman–Crippen LogP) is 1.07. The van der Waals surface area contributed by atoms with E-state index >= 15 is 0 Å². The number of carboxylic acids is 1. The number of amides is 2. The number of anilines is 1. The molecule has 2 atom stereocenters. The molecule has 0 spiro atoms. The molecule has 0 radical (unpaired) electrons. The fourth-order valence-corrected chi connectivity index (χ4v) is 6.71. The lowest BCUT2D eigenvalue weighted by Gasteiger charge is -2.49. The largest absolute Gasteiger partial charge is 0.477 e. The van der Waals surface area contributed by atoms with Crippen molar-refractivity contribution >= 4 is 86.4 Å². The molecule has 4 N–H and O–H groups in total. The van der Waals surface area contributed by atoms with Crippen LogP contribution in [0.25, 0.3) is 0 Å². The average Bonchev–Trinajstić information content (AvgIpc) is 3.49. The number of thiazole rings is 1. The number of hydrogen-bond donors (Lipinski definition) is 3. The number of thioether (sulfide) groups is 2. The number of nitrogens with zero attached hydrogens (tertiary/aromatic N) is 5. The highest BCUT2D eigenvalue weighted by Gasteiger charge is 2.54. The Balaban J connectivity index is 1.49. The molecule has 2 aliphatic heterocycles. The number of nitrogens with two attached hydrogens (primary N) is 1. The van der Waals surface area contributed by atoms with Crippen molar-refractivity contribution in [2.75, 3.05) is 29.7 Å². The van der Waals surface area contributed by atoms with Gasteiger partial charge in [0.2, 0.25) is 0 Å². The smallest absolute Gasteiger partial charge is 0.352 e. The number of aromatic nitrogens is 3. The van der Waals surface area contributed by atoms with Gasteiger partial charge in [0.25, 0.3) is 11.8 Å². The Hall–Kier alpha value is -2.40. The molecule has 1 fully saturated rings. The summed E-state index contributed by atoms with van der Waals surface area (Å²) in [6.07, 6.45) is 0. The Kier molecular flexibility index (Phi) is 7.92. The van der Waals surface area contributed by atoms with Gasteiger partial charge in [-0.1, -0.05) is 28.3 Å². The molecule has 0 bridgehead atoms. The molecule has 34 heavy (non-hydrogen) atoms. The summed E-state index contributed by atoms with van der Waals surface area (Å²) in [4.78, 5) is 48.1. The van der Waals surface area contributed by atoms with E-state index in [0.29, 0.717) is 21.4 Å². The number of carbonyl (C=O) groups is 3. The highest BCUT2D eigenvalue weighted by molar-refractivity contribution is 8.01. The first-order valence-corrected chi connectivity index (χ1v) is 13.8. The van der Waals surface area contributed by atoms with Gasteiger partial charge in [0.15, 0.2) is 15.2 Å². The minimum Gasteiger partial charge on any atom is -0.477 e. The lowest BCUT2D eigenvalue weighted by atomic mass is 10.0. The van der Waals surface area contributed by atoms with Crippen molar-refractivity contribution in [3.05, 3.63) is 27.9 Å². The summed E-state index contributed by atoms with van der Waals surface area (Å²) in [5.41, 5.74) is 7.81. The number of alkyl halides is 1. The van der Waals surface area contributed by atoms with Gasteiger partial charge in [0, 0.05) is 16.9 Å². The van der Waals surface area contributed by atoms with Gasteiger partial charge in [0.05, 0.1) is 5.88 Å². The van der Waals surface area contributed by atoms with Crippen LogP contribution in [0.15, 0.2) is 31.7 Å². The van der Waals surface area contributed by atoms with E-state index in [4.69, 9.17) is 22.2 Å². The molecule has 0 aliphatic carbocycles. The van der Waals surface area contributed by atoms with Crippen LogP contribution in [-0.4, -0.2) is 84.1 Å². The molecule has 12 nitrogen and oxygen atoms in total. The van der Waals surface area contributed by atoms with Crippen molar-refractivity contribution in [1.29, 1.82) is 0 Å². The lowest BCUT2D eigenvalue weighted by molar-refractivity contribution is -0.150. The number of oxime groups is 1. The SMILES string of the molecule is Nc1nc(C(=NOCCCl)C(=O)NC2C(=O)N3C(C(=O)O)=C(CSc4nncs4)CS[C@@H]23)cs1. The molecule has 1 unspecified atom stereocenters. The van der Waals surface area contributed by atoms with Gasteiger partial charge in [-0.15, -0.1) is 44.9 Å². The van der Waals surface area contributed by atoms with Gasteiger partial charge in [-0.3, -0.25) is 14.5 Å². The average molecular weight is 562 g/mol. The molecule has 0 saturated carbocycles. The Morgan fingerprint density at radius 1 is 1.44 bits per heavy atom. The molecule has 2 aliphatic rings. The van der Waals surface area contributed by atoms with Crippen molar-refractivity contribution < 1.29 is 24.3 Å². The monoisotopic (exact) mass is 561 g/mol. The number of halogens is 1. The van der Waals surface area contributed by atoms with Crippen LogP contribution in [-0.2, 0) is 19.2 Å². The number of nitrogens with one attached hydrogen (secondary N) is 1. The third-order valence-corrected chi connectivity index (χ3v) is 8.66. The maximum absolute atomic E-state index is 12.9. The van der Waals surface area contributed by atoms with Crippen molar-refractivity contribution in [1.82, 2.24) is 25.4 Å². The van der Waals surface area contributed by atoms with E-state index in [1.165, 1.54) is 45.1 Å². The first-order chi connectivity index (χ1) is 16.4. The van der Waals surface area contributed by atoms with Gasteiger partial charge in [0.1, 0.15) is 34.9 Å². The standard InChI is InChI=1S/C17H16ClN7O5S4/c18-1-2-30-24-9(8-5-32-16(19)21-8)12(26)22-10-13(27)25-11(15(28)29)7(3-31-14(10)25)4-33-17-23-20-6-34-17/h5-6,10,14H,1-4H2,(H2,19,21)(H,22,26)(H,28,29)/t10?,14-/m0/s1. The molecule has 17 heteroatoms. The summed E-state index contributed by atoms with van der Waals surface area (Å²) in [6.45, 7) is 0.0666. The van der Waals surface area contributed by atoms with Gasteiger partial charge in [-0.2, -0.15) is 0 Å². The Morgan fingerprint density at radius 2 is 2.26 bits per heavy atom. The number of nitrogen functional groups attached to an aromatic ring is 1. The zero-order chi connectivity index (χ0) is 24.2. The maximum atomic E-state index is 12.9. The van der Waals surface area contributed by atoms with Crippen molar-refractivity contribution in [2.24, 2.45) is 5.16 Å². The van der Waals surface area contributed by atoms with Crippen molar-refractivity contribution in [3.63, 3.8) is 0 Å². The highest BCUT2D eigenvalue weighted by Crippen LogP contribution is 2.41. The lowest BCUT2D eigenvalue weighted by Crippen LogP contribution is -2.71. The Bertz CT molecular complexity index is 1160. The van der Waals surface area contributed by atoms with Crippen LogP contribution in [0.4, 0.5) is 5.13 Å². The fourth-order valence-electron chi connectivity index (χ4n) is 3.12. The van der Waals surface area contributed by atoms with Crippen molar-refractivity contribution in [3.8, 4) is 0 Å². The quantitative estimate of drug-likeness (QED) is 0.0945. The molecule has 180 valence electrons. The molecule has 1 saturated heterocycles. The molecular formula is C17H16ClN7O5S4. The number of rotatable bonds is 10. The van der Waals surface area contributed by atoms with Crippen LogP contribution < -0.4 is 11.1 Å². The summed E-state index contributed by atoms with van der Waals surface area (Å²) in [5, 5.41) is 25.1. The molecule has 2 amide bonds. The molecule has 2 aromatic rings. The second-order valence-corrected chi connectivity index (χ2v) is 11.1. The summed E-state index contributed by atoms with van der Waals surface area (Å²) in [5.74, 6) is -1.52. The predicted molar refractivity (Wildman–Crippen MR) is 130 cm³/mol. The minimum atomic E-state index is -1.20. The summed E-state index contributed by atoms with van der Waals surface area (Å²) in [6, 6.07) is -0.932. The van der Waals surface area contributed by atoms with E-state index in [0.717, 1.165) is 11.3 Å². The topological polar surface area (TPSA) is 173 Å². The first kappa shape index (κ1) is 24.7. The van der Waals surface area contributed by atoms with E-state index in [-0.39, 0.29) is 34.7 Å². The zero-order valence-corrected chi connectivity index (χ0v) is 21.1. The summed E-state index contributed by atoms with van der Waals surface area (Å²) < 4.78 is 0.704. The summed E-state index contributed by atoms with van der Waals surface area (Å²) in [7, 11) is 0. The molecule has 4 rings (SSSR count). The molecule has 2 aromatic heterocycles. The van der Waals surface area contributed by atoms with Crippen LogP contribution in [0, 0.1) is 0 Å². The fraction of sp³-hybridized carbons (Fsp3) is 0.353. The van der Waals surface area contributed by atoms with E-state index in [1.54, 1.807) is 5.51 Å².